The van der Waals surface area contributed by atoms with Crippen molar-refractivity contribution in [2.75, 3.05) is 5.75 Å². The van der Waals surface area contributed by atoms with Gasteiger partial charge in [-0.15, -0.1) is 0 Å². The molecule has 1 saturated carbocycles. The van der Waals surface area contributed by atoms with Gasteiger partial charge in [0.05, 0.1) is 6.42 Å². The fraction of sp³-hybridized carbons (Fsp3) is 0.909. The summed E-state index contributed by atoms with van der Waals surface area (Å²) >= 11 is 4.02. The van der Waals surface area contributed by atoms with E-state index in [1.807, 2.05) is 0 Å². The molecular weight excluding hydrogens is 196 g/mol. The highest BCUT2D eigenvalue weighted by molar-refractivity contribution is 7.80. The summed E-state index contributed by atoms with van der Waals surface area (Å²) < 4.78 is 5.38. The number of ether oxygens (including phenoxy) is 1. The van der Waals surface area contributed by atoms with Crippen molar-refractivity contribution in [3.63, 3.8) is 0 Å². The van der Waals surface area contributed by atoms with Gasteiger partial charge in [-0.25, -0.2) is 0 Å². The van der Waals surface area contributed by atoms with Crippen LogP contribution in [0.4, 0.5) is 0 Å². The third kappa shape index (κ3) is 4.89. The topological polar surface area (TPSA) is 26.3 Å². The average Bonchev–Trinajstić information content (AvgIpc) is 2.10. The molecule has 2 nitrogen and oxygen atoms in total. The number of esters is 1. The van der Waals surface area contributed by atoms with Crippen LogP contribution in [0.3, 0.4) is 0 Å². The van der Waals surface area contributed by atoms with Crippen molar-refractivity contribution in [3.05, 3.63) is 0 Å². The molecule has 0 aliphatic heterocycles. The van der Waals surface area contributed by atoms with Gasteiger partial charge in [0.25, 0.3) is 0 Å². The van der Waals surface area contributed by atoms with E-state index >= 15 is 0 Å². The van der Waals surface area contributed by atoms with E-state index in [1.165, 1.54) is 32.1 Å². The van der Waals surface area contributed by atoms with Gasteiger partial charge in [0.1, 0.15) is 6.10 Å². The second-order valence-corrected chi connectivity index (χ2v) is 4.38. The lowest BCUT2D eigenvalue weighted by molar-refractivity contribution is -0.149. The Labute approximate surface area is 91.8 Å². The molecule has 0 aromatic rings. The van der Waals surface area contributed by atoms with Crippen LogP contribution in [0.5, 0.6) is 0 Å². The number of carbonyl (C=O) groups is 1. The van der Waals surface area contributed by atoms with Gasteiger partial charge in [0.15, 0.2) is 0 Å². The van der Waals surface area contributed by atoms with Crippen LogP contribution in [0, 0.1) is 0 Å². The van der Waals surface area contributed by atoms with Gasteiger partial charge in [-0.05, 0) is 25.7 Å². The predicted molar refractivity (Wildman–Crippen MR) is 60.7 cm³/mol. The van der Waals surface area contributed by atoms with Crippen molar-refractivity contribution in [2.45, 2.75) is 57.5 Å². The molecule has 0 atom stereocenters. The van der Waals surface area contributed by atoms with Gasteiger partial charge in [-0.1, -0.05) is 19.3 Å². The highest BCUT2D eigenvalue weighted by atomic mass is 32.1. The molecule has 3 heteroatoms. The first kappa shape index (κ1) is 11.9. The van der Waals surface area contributed by atoms with Crippen molar-refractivity contribution in [1.29, 1.82) is 0 Å². The first-order valence-electron chi connectivity index (χ1n) is 5.63. The normalized spacial score (nSPS) is 19.8. The highest BCUT2D eigenvalue weighted by Gasteiger charge is 2.15. The minimum absolute atomic E-state index is 0.0782. The summed E-state index contributed by atoms with van der Waals surface area (Å²) in [4.78, 5) is 11.2. The van der Waals surface area contributed by atoms with E-state index in [2.05, 4.69) is 12.6 Å². The molecule has 0 N–H and O–H groups in total. The molecule has 0 spiro atoms. The lowest BCUT2D eigenvalue weighted by Gasteiger charge is -2.19. The molecule has 0 aromatic heterocycles. The number of thiol groups is 1. The monoisotopic (exact) mass is 216 g/mol. The van der Waals surface area contributed by atoms with Gasteiger partial charge in [-0.3, -0.25) is 4.79 Å². The van der Waals surface area contributed by atoms with Crippen molar-refractivity contribution in [3.8, 4) is 0 Å². The van der Waals surface area contributed by atoms with Crippen molar-refractivity contribution in [1.82, 2.24) is 0 Å². The molecule has 0 bridgehead atoms. The van der Waals surface area contributed by atoms with Gasteiger partial charge in [-0.2, -0.15) is 12.6 Å². The first-order valence-corrected chi connectivity index (χ1v) is 6.26. The third-order valence-corrected chi connectivity index (χ3v) is 2.89. The quantitative estimate of drug-likeness (QED) is 0.580. The summed E-state index contributed by atoms with van der Waals surface area (Å²) in [5.41, 5.74) is 0. The summed E-state index contributed by atoms with van der Waals surface area (Å²) in [7, 11) is 0. The van der Waals surface area contributed by atoms with Crippen molar-refractivity contribution >= 4 is 18.6 Å². The van der Waals surface area contributed by atoms with Crippen LogP contribution in [0.15, 0.2) is 0 Å². The van der Waals surface area contributed by atoms with Crippen LogP contribution in [-0.2, 0) is 9.53 Å². The minimum Gasteiger partial charge on any atom is -0.462 e. The van der Waals surface area contributed by atoms with E-state index in [9.17, 15) is 4.79 Å². The highest BCUT2D eigenvalue weighted by Crippen LogP contribution is 2.19. The van der Waals surface area contributed by atoms with Crippen LogP contribution >= 0.6 is 12.6 Å². The SMILES string of the molecule is O=C(CCS)OC1CCCCCCC1. The maximum atomic E-state index is 11.2. The van der Waals surface area contributed by atoms with Crippen molar-refractivity contribution in [2.24, 2.45) is 0 Å². The summed E-state index contributed by atoms with van der Waals surface area (Å²) in [5, 5.41) is 0. The molecule has 0 aromatic carbocycles. The van der Waals surface area contributed by atoms with Crippen LogP contribution < -0.4 is 0 Å². The molecule has 14 heavy (non-hydrogen) atoms. The molecule has 82 valence electrons. The molecule has 0 amide bonds. The van der Waals surface area contributed by atoms with Crippen LogP contribution in [0.25, 0.3) is 0 Å². The minimum atomic E-state index is -0.0782. The number of hydrogen-bond acceptors (Lipinski definition) is 3. The largest absolute Gasteiger partial charge is 0.462 e. The Hall–Kier alpha value is -0.180. The zero-order valence-corrected chi connectivity index (χ0v) is 9.60. The Kier molecular flexibility index (Phi) is 6.08. The Morgan fingerprint density at radius 1 is 1.14 bits per heavy atom. The van der Waals surface area contributed by atoms with Gasteiger partial charge < -0.3 is 4.74 Å². The number of rotatable bonds is 3. The molecule has 1 rings (SSSR count). The molecule has 1 fully saturated rings. The van der Waals surface area contributed by atoms with Crippen LogP contribution in [-0.4, -0.2) is 17.8 Å². The van der Waals surface area contributed by atoms with E-state index in [1.54, 1.807) is 0 Å². The summed E-state index contributed by atoms with van der Waals surface area (Å²) in [6, 6.07) is 0. The Morgan fingerprint density at radius 3 is 2.29 bits per heavy atom. The molecule has 0 radical (unpaired) electrons. The number of carbonyl (C=O) groups excluding carboxylic acids is 1. The van der Waals surface area contributed by atoms with Gasteiger partial charge in [0.2, 0.25) is 0 Å². The second-order valence-electron chi connectivity index (χ2n) is 3.93. The van der Waals surface area contributed by atoms with E-state index < -0.39 is 0 Å². The predicted octanol–water partition coefficient (Wildman–Crippen LogP) is 2.96. The summed E-state index contributed by atoms with van der Waals surface area (Å²) in [5.74, 6) is 0.511. The zero-order valence-electron chi connectivity index (χ0n) is 8.71. The van der Waals surface area contributed by atoms with E-state index in [-0.39, 0.29) is 12.1 Å². The maximum absolute atomic E-state index is 11.2. The van der Waals surface area contributed by atoms with Gasteiger partial charge >= 0.3 is 5.97 Å². The Morgan fingerprint density at radius 2 is 1.71 bits per heavy atom. The molecule has 0 unspecified atom stereocenters. The summed E-state index contributed by atoms with van der Waals surface area (Å²) in [6.45, 7) is 0. The van der Waals surface area contributed by atoms with E-state index in [0.717, 1.165) is 12.8 Å². The molecule has 1 aliphatic carbocycles. The third-order valence-electron chi connectivity index (χ3n) is 2.67. The van der Waals surface area contributed by atoms with Crippen molar-refractivity contribution < 1.29 is 9.53 Å². The second kappa shape index (κ2) is 7.16. The van der Waals surface area contributed by atoms with Crippen LogP contribution in [0.2, 0.25) is 0 Å². The average molecular weight is 216 g/mol. The standard InChI is InChI=1S/C11H20O2S/c12-11(8-9-14)13-10-6-4-2-1-3-5-7-10/h10,14H,1-9H2. The number of hydrogen-bond donors (Lipinski definition) is 1. The molecular formula is C11H20O2S. The molecule has 0 heterocycles. The lowest BCUT2D eigenvalue weighted by atomic mass is 9.98. The smallest absolute Gasteiger partial charge is 0.306 e. The fourth-order valence-electron chi connectivity index (χ4n) is 1.87. The Balaban J connectivity index is 2.22. The zero-order chi connectivity index (χ0) is 10.2. The maximum Gasteiger partial charge on any atom is 0.306 e. The summed E-state index contributed by atoms with van der Waals surface area (Å²) in [6.07, 6.45) is 9.08. The first-order chi connectivity index (χ1) is 6.83. The van der Waals surface area contributed by atoms with Crippen LogP contribution in [0.1, 0.15) is 51.4 Å². The molecule has 0 saturated heterocycles. The molecule has 1 aliphatic rings. The fourth-order valence-corrected chi connectivity index (χ4v) is 2.06. The van der Waals surface area contributed by atoms with Gasteiger partial charge in [0, 0.05) is 5.75 Å². The Bertz CT molecular complexity index is 163. The lowest BCUT2D eigenvalue weighted by Crippen LogP contribution is -2.19. The van der Waals surface area contributed by atoms with E-state index in [0.29, 0.717) is 12.2 Å². The van der Waals surface area contributed by atoms with E-state index in [4.69, 9.17) is 4.74 Å².